The monoisotopic (exact) mass is 498 g/mol. The molecule has 2 aromatic heterocycles. The van der Waals surface area contributed by atoms with E-state index in [2.05, 4.69) is 9.97 Å². The number of aromatic amines is 1. The van der Waals surface area contributed by atoms with Gasteiger partial charge < -0.3 is 10.6 Å². The first kappa shape index (κ1) is 24.9. The zero-order valence-electron chi connectivity index (χ0n) is 18.5. The molecule has 1 amide bonds. The number of nitrogens with zero attached hydrogens (tertiary/aromatic N) is 4. The lowest BCUT2D eigenvalue weighted by Gasteiger charge is -2.32. The molecular formula is C20H27ClN6O5S. The Balaban J connectivity index is 1.77. The van der Waals surface area contributed by atoms with E-state index in [9.17, 15) is 22.8 Å². The molecule has 2 aromatic rings. The van der Waals surface area contributed by atoms with Crippen LogP contribution in [0.3, 0.4) is 0 Å². The van der Waals surface area contributed by atoms with Crippen molar-refractivity contribution in [1.29, 1.82) is 0 Å². The fourth-order valence-electron chi connectivity index (χ4n) is 3.87. The summed E-state index contributed by atoms with van der Waals surface area (Å²) in [6, 6.07) is 2.88. The van der Waals surface area contributed by atoms with Crippen LogP contribution in [0.4, 0.5) is 11.5 Å². The highest BCUT2D eigenvalue weighted by Gasteiger charge is 2.35. The molecule has 33 heavy (non-hydrogen) atoms. The van der Waals surface area contributed by atoms with Crippen LogP contribution < -0.4 is 21.9 Å². The highest BCUT2D eigenvalue weighted by atomic mass is 35.5. The summed E-state index contributed by atoms with van der Waals surface area (Å²) in [5.41, 5.74) is 4.64. The molecule has 0 spiro atoms. The van der Waals surface area contributed by atoms with Crippen LogP contribution in [-0.4, -0.2) is 53.3 Å². The van der Waals surface area contributed by atoms with Crippen molar-refractivity contribution in [3.63, 3.8) is 0 Å². The Morgan fingerprint density at radius 2 is 2.00 bits per heavy atom. The number of rotatable bonds is 7. The lowest BCUT2D eigenvalue weighted by atomic mass is 9.96. The van der Waals surface area contributed by atoms with Crippen molar-refractivity contribution >= 4 is 39.0 Å². The van der Waals surface area contributed by atoms with E-state index in [0.717, 1.165) is 11.3 Å². The first-order valence-electron chi connectivity index (χ1n) is 10.6. The SMILES string of the molecule is CCCCn1c(N)c(N(C)C(=O)C2CCN(S(=O)(=O)c3cccnc3Cl)CC2)c(=O)[nH]c1=O. The fourth-order valence-corrected chi connectivity index (χ4v) is 5.77. The number of carbonyl (C=O) groups excluding carboxylic acids is 1. The van der Waals surface area contributed by atoms with Crippen molar-refractivity contribution in [2.24, 2.45) is 5.92 Å². The van der Waals surface area contributed by atoms with Crippen LogP contribution in [0.5, 0.6) is 0 Å². The number of H-pyrrole nitrogens is 1. The van der Waals surface area contributed by atoms with Crippen molar-refractivity contribution in [2.75, 3.05) is 30.8 Å². The van der Waals surface area contributed by atoms with E-state index in [4.69, 9.17) is 17.3 Å². The predicted octanol–water partition coefficient (Wildman–Crippen LogP) is 1.03. The molecule has 13 heteroatoms. The van der Waals surface area contributed by atoms with Crippen molar-refractivity contribution < 1.29 is 13.2 Å². The van der Waals surface area contributed by atoms with Crippen LogP contribution in [0.1, 0.15) is 32.6 Å². The largest absolute Gasteiger partial charge is 0.383 e. The molecule has 3 rings (SSSR count). The highest BCUT2D eigenvalue weighted by Crippen LogP contribution is 2.28. The molecule has 3 heterocycles. The van der Waals surface area contributed by atoms with Crippen molar-refractivity contribution in [1.82, 2.24) is 18.8 Å². The van der Waals surface area contributed by atoms with E-state index in [0.29, 0.717) is 13.0 Å². The number of sulfonamides is 1. The number of hydrogen-bond acceptors (Lipinski definition) is 7. The molecule has 1 aliphatic heterocycles. The number of anilines is 2. The van der Waals surface area contributed by atoms with Crippen LogP contribution >= 0.6 is 11.6 Å². The summed E-state index contributed by atoms with van der Waals surface area (Å²) < 4.78 is 28.3. The third-order valence-electron chi connectivity index (χ3n) is 5.76. The maximum atomic E-state index is 13.1. The number of pyridine rings is 1. The zero-order valence-corrected chi connectivity index (χ0v) is 20.0. The molecule has 0 bridgehead atoms. The van der Waals surface area contributed by atoms with Gasteiger partial charge in [0.25, 0.3) is 5.56 Å². The van der Waals surface area contributed by atoms with E-state index >= 15 is 0 Å². The van der Waals surface area contributed by atoms with Gasteiger partial charge >= 0.3 is 5.69 Å². The number of hydrogen-bond donors (Lipinski definition) is 2. The van der Waals surface area contributed by atoms with Crippen LogP contribution in [0.2, 0.25) is 5.15 Å². The molecule has 1 saturated heterocycles. The molecule has 0 radical (unpaired) electrons. The molecule has 0 unspecified atom stereocenters. The third kappa shape index (κ3) is 4.97. The van der Waals surface area contributed by atoms with E-state index in [1.807, 2.05) is 6.92 Å². The molecule has 0 saturated carbocycles. The second-order valence-electron chi connectivity index (χ2n) is 7.87. The van der Waals surface area contributed by atoms with Crippen LogP contribution in [0, 0.1) is 5.92 Å². The van der Waals surface area contributed by atoms with Gasteiger partial charge in [0.1, 0.15) is 15.9 Å². The van der Waals surface area contributed by atoms with Gasteiger partial charge in [-0.15, -0.1) is 0 Å². The van der Waals surface area contributed by atoms with Crippen molar-refractivity contribution in [3.05, 3.63) is 44.3 Å². The lowest BCUT2D eigenvalue weighted by molar-refractivity contribution is -0.123. The minimum Gasteiger partial charge on any atom is -0.383 e. The Bertz CT molecular complexity index is 1250. The number of aromatic nitrogens is 3. The van der Waals surface area contributed by atoms with Crippen LogP contribution in [0.15, 0.2) is 32.8 Å². The standard InChI is InChI=1S/C20H27ClN6O5S/c1-3-4-10-27-17(22)15(18(28)24-20(27)30)25(2)19(29)13-7-11-26(12-8-13)33(31,32)14-6-5-9-23-16(14)21/h5-6,9,13H,3-4,7-8,10-12,22H2,1-2H3,(H,24,28,30). The van der Waals surface area contributed by atoms with Gasteiger partial charge in [0.2, 0.25) is 15.9 Å². The third-order valence-corrected chi connectivity index (χ3v) is 8.10. The average Bonchev–Trinajstić information content (AvgIpc) is 2.78. The van der Waals surface area contributed by atoms with E-state index < -0.39 is 27.2 Å². The predicted molar refractivity (Wildman–Crippen MR) is 125 cm³/mol. The first-order valence-corrected chi connectivity index (χ1v) is 12.4. The molecule has 0 aromatic carbocycles. The topological polar surface area (TPSA) is 151 Å². The molecule has 11 nitrogen and oxygen atoms in total. The Morgan fingerprint density at radius 1 is 1.33 bits per heavy atom. The molecular weight excluding hydrogens is 472 g/mol. The first-order chi connectivity index (χ1) is 15.6. The summed E-state index contributed by atoms with van der Waals surface area (Å²) >= 11 is 5.96. The Hall–Kier alpha value is -2.70. The second-order valence-corrected chi connectivity index (χ2v) is 10.1. The summed E-state index contributed by atoms with van der Waals surface area (Å²) in [4.78, 5) is 44.8. The maximum absolute atomic E-state index is 13.1. The van der Waals surface area contributed by atoms with Gasteiger partial charge in [-0.1, -0.05) is 24.9 Å². The quantitative estimate of drug-likeness (QED) is 0.541. The number of halogens is 1. The number of carbonyl (C=O) groups is 1. The number of nitrogens with two attached hydrogens (primary N) is 1. The molecule has 180 valence electrons. The Morgan fingerprint density at radius 3 is 2.61 bits per heavy atom. The van der Waals surface area contributed by atoms with Crippen LogP contribution in [-0.2, 0) is 21.4 Å². The minimum absolute atomic E-state index is 0.0701. The Kier molecular flexibility index (Phi) is 7.60. The van der Waals surface area contributed by atoms with Crippen molar-refractivity contribution in [3.8, 4) is 0 Å². The van der Waals surface area contributed by atoms with E-state index in [-0.39, 0.29) is 53.4 Å². The van der Waals surface area contributed by atoms with Gasteiger partial charge in [-0.05, 0) is 31.4 Å². The van der Waals surface area contributed by atoms with Crippen LogP contribution in [0.25, 0.3) is 0 Å². The normalized spacial score (nSPS) is 15.5. The minimum atomic E-state index is -3.85. The summed E-state index contributed by atoms with van der Waals surface area (Å²) in [7, 11) is -2.42. The number of piperidine rings is 1. The van der Waals surface area contributed by atoms with Crippen molar-refractivity contribution in [2.45, 2.75) is 44.0 Å². The smallest absolute Gasteiger partial charge is 0.330 e. The van der Waals surface area contributed by atoms with Gasteiger partial charge in [0, 0.05) is 38.8 Å². The summed E-state index contributed by atoms with van der Waals surface area (Å²) in [6.07, 6.45) is 3.42. The number of nitrogens with one attached hydrogen (secondary N) is 1. The van der Waals surface area contributed by atoms with E-state index in [1.165, 1.54) is 34.2 Å². The maximum Gasteiger partial charge on any atom is 0.330 e. The molecule has 3 N–H and O–H groups in total. The lowest BCUT2D eigenvalue weighted by Crippen LogP contribution is -2.45. The summed E-state index contributed by atoms with van der Waals surface area (Å²) in [6.45, 7) is 2.50. The summed E-state index contributed by atoms with van der Waals surface area (Å²) in [5.74, 6) is -0.954. The van der Waals surface area contributed by atoms with Gasteiger partial charge in [-0.2, -0.15) is 4.31 Å². The highest BCUT2D eigenvalue weighted by molar-refractivity contribution is 7.89. The zero-order chi connectivity index (χ0) is 24.3. The second kappa shape index (κ2) is 10.1. The molecule has 1 fully saturated rings. The van der Waals surface area contributed by atoms with Gasteiger partial charge in [-0.3, -0.25) is 19.1 Å². The number of nitrogen functional groups attached to an aromatic ring is 1. The molecule has 1 aliphatic rings. The number of amides is 1. The van der Waals surface area contributed by atoms with Gasteiger partial charge in [0.05, 0.1) is 0 Å². The fraction of sp³-hybridized carbons (Fsp3) is 0.500. The average molecular weight is 499 g/mol. The van der Waals surface area contributed by atoms with Gasteiger partial charge in [-0.25, -0.2) is 18.2 Å². The van der Waals surface area contributed by atoms with E-state index in [1.54, 1.807) is 0 Å². The number of unbranched alkanes of at least 4 members (excludes halogenated alkanes) is 1. The summed E-state index contributed by atoms with van der Waals surface area (Å²) in [5, 5.41) is -0.108. The Labute approximate surface area is 196 Å². The molecule has 0 aliphatic carbocycles. The van der Waals surface area contributed by atoms with Gasteiger partial charge in [0.15, 0.2) is 5.69 Å². The molecule has 0 atom stereocenters.